The number of hydrogen-bond donors (Lipinski definition) is 3. The number of rotatable bonds is 9. The predicted molar refractivity (Wildman–Crippen MR) is 130 cm³/mol. The number of aliphatic hydroxyl groups is 1. The van der Waals surface area contributed by atoms with Crippen molar-refractivity contribution in [3.05, 3.63) is 65.1 Å². The van der Waals surface area contributed by atoms with Crippen LogP contribution >= 0.6 is 11.6 Å². The molecule has 3 N–H and O–H groups in total. The molecule has 10 heteroatoms. The number of aliphatic hydroxyl groups excluding tert-OH is 1. The molecule has 3 rings (SSSR count). The lowest BCUT2D eigenvalue weighted by Gasteiger charge is -2.15. The number of nitrogens with zero attached hydrogens (tertiary/aromatic N) is 3. The minimum Gasteiger partial charge on any atom is -0.494 e. The van der Waals surface area contributed by atoms with E-state index in [9.17, 15) is 14.4 Å². The highest BCUT2D eigenvalue weighted by Gasteiger charge is 2.15. The van der Waals surface area contributed by atoms with Gasteiger partial charge in [-0.15, -0.1) is 0 Å². The zero-order valence-electron chi connectivity index (χ0n) is 18.6. The number of nitriles is 1. The number of benzene rings is 2. The largest absolute Gasteiger partial charge is 0.494 e. The van der Waals surface area contributed by atoms with Crippen LogP contribution in [0.4, 0.5) is 21.5 Å². The van der Waals surface area contributed by atoms with Crippen LogP contribution in [-0.2, 0) is 4.79 Å². The van der Waals surface area contributed by atoms with Crippen LogP contribution in [0, 0.1) is 17.1 Å². The van der Waals surface area contributed by atoms with E-state index in [0.29, 0.717) is 46.8 Å². The summed E-state index contributed by atoms with van der Waals surface area (Å²) in [6.07, 6.45) is 4.49. The van der Waals surface area contributed by atoms with E-state index >= 15 is 0 Å². The molecular formula is C24H23ClFN5O3. The third-order valence-electron chi connectivity index (χ3n) is 4.92. The Bertz CT molecular complexity index is 1280. The first-order chi connectivity index (χ1) is 16.4. The third kappa shape index (κ3) is 5.99. The van der Waals surface area contributed by atoms with Gasteiger partial charge in [0.2, 0.25) is 5.91 Å². The summed E-state index contributed by atoms with van der Waals surface area (Å²) in [6.45, 7) is 1.02. The predicted octanol–water partition coefficient (Wildman–Crippen LogP) is 4.07. The standard InChI is InChI=1S/C24H23ClFN5O3/c1-31(8-9-32)7-3-4-23(33)30-21-11-17-20(12-22(21)34-2)28-14-15(13-27)24(17)29-16-5-6-19(26)18(25)10-16/h3-6,10-12,14,32H,7-9H2,1-2H3,(H,28,29)(H,30,33). The Balaban J connectivity index is 1.97. The normalized spacial score (nSPS) is 11.1. The molecule has 0 unspecified atom stereocenters. The van der Waals surface area contributed by atoms with Crippen molar-refractivity contribution in [1.82, 2.24) is 9.88 Å². The maximum absolute atomic E-state index is 13.6. The molecule has 0 aliphatic carbocycles. The van der Waals surface area contributed by atoms with Crippen LogP contribution in [0.25, 0.3) is 10.9 Å². The monoisotopic (exact) mass is 483 g/mol. The fourth-order valence-electron chi connectivity index (χ4n) is 3.20. The van der Waals surface area contributed by atoms with E-state index < -0.39 is 5.82 Å². The number of likely N-dealkylation sites (N-methyl/N-ethyl adjacent to an activating group) is 1. The van der Waals surface area contributed by atoms with E-state index in [-0.39, 0.29) is 23.1 Å². The van der Waals surface area contributed by atoms with Crippen LogP contribution < -0.4 is 15.4 Å². The maximum atomic E-state index is 13.6. The van der Waals surface area contributed by atoms with Crippen molar-refractivity contribution in [1.29, 1.82) is 5.26 Å². The lowest BCUT2D eigenvalue weighted by molar-refractivity contribution is -0.111. The lowest BCUT2D eigenvalue weighted by atomic mass is 10.1. The smallest absolute Gasteiger partial charge is 0.248 e. The summed E-state index contributed by atoms with van der Waals surface area (Å²) < 4.78 is 19.0. The zero-order chi connectivity index (χ0) is 24.7. The van der Waals surface area contributed by atoms with Gasteiger partial charge in [0.05, 0.1) is 41.2 Å². The van der Waals surface area contributed by atoms with Crippen LogP contribution in [0.3, 0.4) is 0 Å². The number of amides is 1. The molecule has 1 amide bonds. The minimum absolute atomic E-state index is 0.0318. The van der Waals surface area contributed by atoms with Crippen molar-refractivity contribution in [2.45, 2.75) is 0 Å². The fourth-order valence-corrected chi connectivity index (χ4v) is 3.38. The van der Waals surface area contributed by atoms with Gasteiger partial charge in [-0.2, -0.15) is 5.26 Å². The molecular weight excluding hydrogens is 461 g/mol. The second-order valence-electron chi connectivity index (χ2n) is 7.36. The number of hydrogen-bond acceptors (Lipinski definition) is 7. The molecule has 0 fully saturated rings. The Kier molecular flexibility index (Phi) is 8.38. The van der Waals surface area contributed by atoms with Gasteiger partial charge in [0, 0.05) is 42.5 Å². The highest BCUT2D eigenvalue weighted by molar-refractivity contribution is 6.31. The van der Waals surface area contributed by atoms with E-state index in [2.05, 4.69) is 21.7 Å². The van der Waals surface area contributed by atoms with E-state index in [0.717, 1.165) is 0 Å². The molecule has 2 aromatic carbocycles. The molecule has 0 atom stereocenters. The van der Waals surface area contributed by atoms with Gasteiger partial charge in [0.25, 0.3) is 0 Å². The molecule has 0 bridgehead atoms. The number of pyridine rings is 1. The van der Waals surface area contributed by atoms with Gasteiger partial charge in [-0.05, 0) is 31.3 Å². The highest BCUT2D eigenvalue weighted by Crippen LogP contribution is 2.36. The number of ether oxygens (including phenoxy) is 1. The first-order valence-electron chi connectivity index (χ1n) is 10.3. The van der Waals surface area contributed by atoms with Crippen molar-refractivity contribution < 1.29 is 19.0 Å². The molecule has 0 aliphatic rings. The molecule has 0 aliphatic heterocycles. The van der Waals surface area contributed by atoms with E-state index in [1.54, 1.807) is 18.2 Å². The molecule has 3 aromatic rings. The summed E-state index contributed by atoms with van der Waals surface area (Å²) in [5.41, 5.74) is 2.06. The van der Waals surface area contributed by atoms with Crippen LogP contribution in [-0.4, -0.2) is 54.8 Å². The topological polar surface area (TPSA) is 111 Å². The molecule has 8 nitrogen and oxygen atoms in total. The lowest BCUT2D eigenvalue weighted by Crippen LogP contribution is -2.22. The third-order valence-corrected chi connectivity index (χ3v) is 5.21. The molecule has 0 radical (unpaired) electrons. The number of fused-ring (bicyclic) bond motifs is 1. The highest BCUT2D eigenvalue weighted by atomic mass is 35.5. The molecule has 1 heterocycles. The molecule has 0 saturated heterocycles. The second-order valence-corrected chi connectivity index (χ2v) is 7.77. The number of carbonyl (C=O) groups is 1. The average Bonchev–Trinajstić information content (AvgIpc) is 2.81. The van der Waals surface area contributed by atoms with Crippen LogP contribution in [0.2, 0.25) is 5.02 Å². The number of methoxy groups -OCH3 is 1. The van der Waals surface area contributed by atoms with Gasteiger partial charge in [-0.1, -0.05) is 17.7 Å². The summed E-state index contributed by atoms with van der Waals surface area (Å²) >= 11 is 5.89. The van der Waals surface area contributed by atoms with Crippen molar-refractivity contribution >= 4 is 45.5 Å². The fraction of sp³-hybridized carbons (Fsp3) is 0.208. The first kappa shape index (κ1) is 24.9. The van der Waals surface area contributed by atoms with Gasteiger partial charge < -0.3 is 25.4 Å². The van der Waals surface area contributed by atoms with Gasteiger partial charge in [-0.25, -0.2) is 4.39 Å². The van der Waals surface area contributed by atoms with Crippen molar-refractivity contribution in [3.63, 3.8) is 0 Å². The summed E-state index contributed by atoms with van der Waals surface area (Å²) in [4.78, 5) is 18.6. The van der Waals surface area contributed by atoms with E-state index in [1.165, 1.54) is 37.6 Å². The quantitative estimate of drug-likeness (QED) is 0.393. The molecule has 34 heavy (non-hydrogen) atoms. The molecule has 0 spiro atoms. The zero-order valence-corrected chi connectivity index (χ0v) is 19.4. The molecule has 0 saturated carbocycles. The first-order valence-corrected chi connectivity index (χ1v) is 10.6. The number of nitrogens with one attached hydrogen (secondary N) is 2. The second kappa shape index (κ2) is 11.4. The van der Waals surface area contributed by atoms with Crippen molar-refractivity contribution in [3.8, 4) is 11.8 Å². The Morgan fingerprint density at radius 2 is 2.18 bits per heavy atom. The number of carbonyl (C=O) groups excluding carboxylic acids is 1. The Hall–Kier alpha value is -3.71. The Morgan fingerprint density at radius 1 is 1.38 bits per heavy atom. The molecule has 1 aromatic heterocycles. The van der Waals surface area contributed by atoms with Crippen molar-refractivity contribution in [2.24, 2.45) is 0 Å². The van der Waals surface area contributed by atoms with Crippen LogP contribution in [0.5, 0.6) is 5.75 Å². The summed E-state index contributed by atoms with van der Waals surface area (Å²) in [5, 5.41) is 24.9. The number of anilines is 3. The summed E-state index contributed by atoms with van der Waals surface area (Å²) in [7, 11) is 3.30. The maximum Gasteiger partial charge on any atom is 0.248 e. The molecule has 176 valence electrons. The Labute approximate surface area is 201 Å². The SMILES string of the molecule is COc1cc2ncc(C#N)c(Nc3ccc(F)c(Cl)c3)c2cc1NC(=O)C=CCN(C)CCO. The van der Waals surface area contributed by atoms with Gasteiger partial charge in [0.15, 0.2) is 0 Å². The number of aromatic nitrogens is 1. The van der Waals surface area contributed by atoms with E-state index in [1.807, 2.05) is 11.9 Å². The van der Waals surface area contributed by atoms with Gasteiger partial charge in [0.1, 0.15) is 17.6 Å². The van der Waals surface area contributed by atoms with E-state index in [4.69, 9.17) is 21.4 Å². The summed E-state index contributed by atoms with van der Waals surface area (Å²) in [5.74, 6) is -0.545. The van der Waals surface area contributed by atoms with Gasteiger partial charge in [-0.3, -0.25) is 9.78 Å². The number of halogens is 2. The average molecular weight is 484 g/mol. The van der Waals surface area contributed by atoms with Gasteiger partial charge >= 0.3 is 0 Å². The van der Waals surface area contributed by atoms with Crippen LogP contribution in [0.1, 0.15) is 5.56 Å². The summed E-state index contributed by atoms with van der Waals surface area (Å²) in [6, 6.07) is 9.52. The van der Waals surface area contributed by atoms with Crippen molar-refractivity contribution in [2.75, 3.05) is 44.5 Å². The minimum atomic E-state index is -0.558. The van der Waals surface area contributed by atoms with Crippen LogP contribution in [0.15, 0.2) is 48.7 Å². The Morgan fingerprint density at radius 3 is 2.85 bits per heavy atom.